The largest absolute Gasteiger partial charge is 0.406 e. The minimum absolute atomic E-state index is 0.00771. The lowest BCUT2D eigenvalue weighted by atomic mass is 10.2. The number of halogens is 3. The van der Waals surface area contributed by atoms with Crippen molar-refractivity contribution in [1.82, 2.24) is 14.4 Å². The fraction of sp³-hybridized carbons (Fsp3) is 0.538. The Hall–Kier alpha value is -1.99. The van der Waals surface area contributed by atoms with Crippen LogP contribution in [-0.4, -0.2) is 58.5 Å². The fourth-order valence-corrected chi connectivity index (χ4v) is 2.46. The van der Waals surface area contributed by atoms with E-state index in [2.05, 4.69) is 0 Å². The van der Waals surface area contributed by atoms with Gasteiger partial charge in [0.05, 0.1) is 0 Å². The average molecular weight is 303 g/mol. The van der Waals surface area contributed by atoms with Crippen molar-refractivity contribution in [2.24, 2.45) is 7.05 Å². The van der Waals surface area contributed by atoms with Gasteiger partial charge < -0.3 is 14.4 Å². The van der Waals surface area contributed by atoms with E-state index in [1.807, 2.05) is 0 Å². The molecule has 0 radical (unpaired) electrons. The van der Waals surface area contributed by atoms with Gasteiger partial charge in [0, 0.05) is 26.8 Å². The van der Waals surface area contributed by atoms with Crippen LogP contribution in [0.4, 0.5) is 13.2 Å². The molecule has 8 heteroatoms. The summed E-state index contributed by atoms with van der Waals surface area (Å²) in [7, 11) is 3.13. The molecular weight excluding hydrogens is 287 g/mol. The Balaban J connectivity index is 2.08. The average Bonchev–Trinajstić information content (AvgIpc) is 2.94. The highest BCUT2D eigenvalue weighted by molar-refractivity contribution is 5.96. The molecule has 1 aromatic heterocycles. The number of hydrogen-bond acceptors (Lipinski definition) is 2. The molecule has 5 nitrogen and oxygen atoms in total. The molecule has 1 aromatic rings. The van der Waals surface area contributed by atoms with Gasteiger partial charge in [-0.3, -0.25) is 9.59 Å². The van der Waals surface area contributed by atoms with Crippen LogP contribution in [0.5, 0.6) is 0 Å². The van der Waals surface area contributed by atoms with Gasteiger partial charge in [-0.05, 0) is 18.6 Å². The Morgan fingerprint density at radius 1 is 1.48 bits per heavy atom. The number of rotatable bonds is 3. The van der Waals surface area contributed by atoms with Gasteiger partial charge in [0.2, 0.25) is 5.91 Å². The Morgan fingerprint density at radius 3 is 2.67 bits per heavy atom. The summed E-state index contributed by atoms with van der Waals surface area (Å²) in [4.78, 5) is 26.2. The van der Waals surface area contributed by atoms with Crippen LogP contribution in [0.1, 0.15) is 16.9 Å². The lowest BCUT2D eigenvalue weighted by molar-refractivity contribution is -0.158. The molecule has 2 rings (SSSR count). The van der Waals surface area contributed by atoms with Crippen LogP contribution in [0.15, 0.2) is 18.3 Å². The molecule has 0 spiro atoms. The number of aryl methyl sites for hydroxylation is 1. The summed E-state index contributed by atoms with van der Waals surface area (Å²) in [6, 6.07) is 2.45. The van der Waals surface area contributed by atoms with Crippen molar-refractivity contribution in [2.45, 2.75) is 18.6 Å². The standard InChI is InChI=1S/C13H16F3N3O2/c1-17-6-3-4-9(17)11(20)18(2)10-5-7-19(12(10)21)8-13(14,15)16/h3-4,6,10H,5,7-8H2,1-2H3. The second kappa shape index (κ2) is 5.42. The van der Waals surface area contributed by atoms with E-state index in [0.29, 0.717) is 5.69 Å². The second-order valence-corrected chi connectivity index (χ2v) is 5.10. The SMILES string of the molecule is CN(C(=O)c1cccn1C)C1CCN(CC(F)(F)F)C1=O. The van der Waals surface area contributed by atoms with Gasteiger partial charge in [-0.25, -0.2) is 0 Å². The van der Waals surface area contributed by atoms with Crippen LogP contribution in [0.2, 0.25) is 0 Å². The lowest BCUT2D eigenvalue weighted by Gasteiger charge is -2.24. The van der Waals surface area contributed by atoms with Crippen molar-refractivity contribution in [3.8, 4) is 0 Å². The van der Waals surface area contributed by atoms with Gasteiger partial charge in [0.25, 0.3) is 5.91 Å². The Bertz CT molecular complexity index is 553. The predicted molar refractivity (Wildman–Crippen MR) is 68.5 cm³/mol. The van der Waals surface area contributed by atoms with E-state index in [-0.39, 0.29) is 18.9 Å². The van der Waals surface area contributed by atoms with Gasteiger partial charge >= 0.3 is 6.18 Å². The topological polar surface area (TPSA) is 45.6 Å². The molecule has 1 fully saturated rings. The first kappa shape index (κ1) is 15.4. The molecule has 0 aromatic carbocycles. The van der Waals surface area contributed by atoms with Crippen molar-refractivity contribution in [3.05, 3.63) is 24.0 Å². The molecule has 21 heavy (non-hydrogen) atoms. The summed E-state index contributed by atoms with van der Waals surface area (Å²) in [6.45, 7) is -1.26. The number of aromatic nitrogens is 1. The highest BCUT2D eigenvalue weighted by Crippen LogP contribution is 2.23. The summed E-state index contributed by atoms with van der Waals surface area (Å²) >= 11 is 0. The first-order chi connectivity index (χ1) is 9.70. The van der Waals surface area contributed by atoms with E-state index in [0.717, 1.165) is 4.90 Å². The van der Waals surface area contributed by atoms with Crippen molar-refractivity contribution in [2.75, 3.05) is 20.1 Å². The van der Waals surface area contributed by atoms with Crippen LogP contribution in [-0.2, 0) is 11.8 Å². The summed E-state index contributed by atoms with van der Waals surface area (Å²) in [5, 5.41) is 0. The van der Waals surface area contributed by atoms with E-state index in [1.54, 1.807) is 29.9 Å². The summed E-state index contributed by atoms with van der Waals surface area (Å²) < 4.78 is 38.7. The zero-order valence-electron chi connectivity index (χ0n) is 11.7. The van der Waals surface area contributed by atoms with E-state index in [1.165, 1.54) is 11.9 Å². The molecule has 1 atom stereocenters. The zero-order chi connectivity index (χ0) is 15.8. The molecule has 1 unspecified atom stereocenters. The van der Waals surface area contributed by atoms with Crippen LogP contribution in [0.3, 0.4) is 0 Å². The number of carbonyl (C=O) groups is 2. The van der Waals surface area contributed by atoms with Gasteiger partial charge in [0.15, 0.2) is 0 Å². The maximum atomic E-state index is 12.4. The Labute approximate surface area is 119 Å². The maximum absolute atomic E-state index is 12.4. The smallest absolute Gasteiger partial charge is 0.347 e. The molecular formula is C13H16F3N3O2. The molecule has 1 saturated heterocycles. The molecule has 2 amide bonds. The normalized spacial score (nSPS) is 19.2. The van der Waals surface area contributed by atoms with Gasteiger partial charge in [0.1, 0.15) is 18.3 Å². The third-order valence-electron chi connectivity index (χ3n) is 3.59. The summed E-state index contributed by atoms with van der Waals surface area (Å²) in [5.74, 6) is -1.04. The molecule has 2 heterocycles. The maximum Gasteiger partial charge on any atom is 0.406 e. The number of nitrogens with zero attached hydrogens (tertiary/aromatic N) is 3. The first-order valence-corrected chi connectivity index (χ1v) is 6.45. The second-order valence-electron chi connectivity index (χ2n) is 5.10. The van der Waals surface area contributed by atoms with Crippen molar-refractivity contribution < 1.29 is 22.8 Å². The summed E-state index contributed by atoms with van der Waals surface area (Å²) in [5.41, 5.74) is 0.388. The zero-order valence-corrected chi connectivity index (χ0v) is 11.7. The summed E-state index contributed by atoms with van der Waals surface area (Å²) in [6.07, 6.45) is -2.53. The van der Waals surface area contributed by atoms with Gasteiger partial charge in [-0.15, -0.1) is 0 Å². The van der Waals surface area contributed by atoms with Crippen LogP contribution in [0, 0.1) is 0 Å². The van der Waals surface area contributed by atoms with Crippen LogP contribution in [0.25, 0.3) is 0 Å². The highest BCUT2D eigenvalue weighted by atomic mass is 19.4. The van der Waals surface area contributed by atoms with Crippen LogP contribution >= 0.6 is 0 Å². The lowest BCUT2D eigenvalue weighted by Crippen LogP contribution is -2.45. The van der Waals surface area contributed by atoms with Crippen molar-refractivity contribution >= 4 is 11.8 Å². The molecule has 116 valence electrons. The number of carbonyl (C=O) groups excluding carboxylic acids is 2. The monoisotopic (exact) mass is 303 g/mol. The predicted octanol–water partition coefficient (Wildman–Crippen LogP) is 1.26. The molecule has 1 aliphatic rings. The third kappa shape index (κ3) is 3.20. The van der Waals surface area contributed by atoms with Crippen molar-refractivity contribution in [1.29, 1.82) is 0 Å². The van der Waals surface area contributed by atoms with Gasteiger partial charge in [-0.1, -0.05) is 0 Å². The number of likely N-dealkylation sites (N-methyl/N-ethyl adjacent to an activating group) is 1. The van der Waals surface area contributed by atoms with Crippen molar-refractivity contribution in [3.63, 3.8) is 0 Å². The number of hydrogen-bond donors (Lipinski definition) is 0. The molecule has 0 saturated carbocycles. The Kier molecular flexibility index (Phi) is 3.97. The quantitative estimate of drug-likeness (QED) is 0.844. The molecule has 1 aliphatic heterocycles. The van der Waals surface area contributed by atoms with E-state index < -0.39 is 24.7 Å². The molecule has 0 aliphatic carbocycles. The number of likely N-dealkylation sites (tertiary alicyclic amines) is 1. The number of alkyl halides is 3. The van der Waals surface area contributed by atoms with E-state index in [9.17, 15) is 22.8 Å². The molecule has 0 bridgehead atoms. The third-order valence-corrected chi connectivity index (χ3v) is 3.59. The number of amides is 2. The van der Waals surface area contributed by atoms with Crippen LogP contribution < -0.4 is 0 Å². The molecule has 0 N–H and O–H groups in total. The van der Waals surface area contributed by atoms with Gasteiger partial charge in [-0.2, -0.15) is 13.2 Å². The minimum atomic E-state index is -4.43. The first-order valence-electron chi connectivity index (χ1n) is 6.45. The van der Waals surface area contributed by atoms with E-state index >= 15 is 0 Å². The Morgan fingerprint density at radius 2 is 2.14 bits per heavy atom. The highest BCUT2D eigenvalue weighted by Gasteiger charge is 2.42. The minimum Gasteiger partial charge on any atom is -0.347 e. The fourth-order valence-electron chi connectivity index (χ4n) is 2.46. The van der Waals surface area contributed by atoms with E-state index in [4.69, 9.17) is 0 Å².